The first-order chi connectivity index (χ1) is 6.05. The van der Waals surface area contributed by atoms with Crippen molar-refractivity contribution in [1.29, 1.82) is 0 Å². The number of hydrogen-bond acceptors (Lipinski definition) is 5. The molecule has 1 fully saturated rings. The minimum Gasteiger partial charge on any atom is -0.469 e. The quantitative estimate of drug-likeness (QED) is 0.546. The summed E-state index contributed by atoms with van der Waals surface area (Å²) < 4.78 is 27.0. The van der Waals surface area contributed by atoms with Gasteiger partial charge in [0.2, 0.25) is 0 Å². The lowest BCUT2D eigenvalue weighted by atomic mass is 10.2. The lowest BCUT2D eigenvalue weighted by Crippen LogP contribution is -2.30. The number of nitrogens with one attached hydrogen (secondary N) is 1. The SMILES string of the molecule is COC(=O)C1CNCCS(=O)(=O)C1. The van der Waals surface area contributed by atoms with Gasteiger partial charge in [0.05, 0.1) is 24.5 Å². The number of esters is 1. The molecule has 0 radical (unpaired) electrons. The third kappa shape index (κ3) is 2.96. The first-order valence-electron chi connectivity index (χ1n) is 4.04. The van der Waals surface area contributed by atoms with E-state index in [0.29, 0.717) is 13.1 Å². The van der Waals surface area contributed by atoms with E-state index < -0.39 is 21.7 Å². The van der Waals surface area contributed by atoms with Gasteiger partial charge in [-0.1, -0.05) is 0 Å². The Morgan fingerprint density at radius 1 is 1.54 bits per heavy atom. The minimum absolute atomic E-state index is 0.0977. The van der Waals surface area contributed by atoms with E-state index in [1.807, 2.05) is 0 Å². The van der Waals surface area contributed by atoms with Crippen LogP contribution in [-0.4, -0.2) is 46.1 Å². The highest BCUT2D eigenvalue weighted by molar-refractivity contribution is 7.91. The summed E-state index contributed by atoms with van der Waals surface area (Å²) in [7, 11) is -1.82. The number of carbonyl (C=O) groups is 1. The normalized spacial score (nSPS) is 27.6. The molecule has 6 heteroatoms. The Bertz CT molecular complexity index is 285. The molecule has 1 heterocycles. The van der Waals surface area contributed by atoms with Crippen LogP contribution < -0.4 is 5.32 Å². The zero-order chi connectivity index (χ0) is 9.90. The molecule has 0 saturated carbocycles. The average Bonchev–Trinajstić information content (AvgIpc) is 2.25. The van der Waals surface area contributed by atoms with Crippen molar-refractivity contribution < 1.29 is 17.9 Å². The monoisotopic (exact) mass is 207 g/mol. The van der Waals surface area contributed by atoms with Gasteiger partial charge in [-0.25, -0.2) is 8.42 Å². The maximum atomic E-state index is 11.3. The van der Waals surface area contributed by atoms with Crippen molar-refractivity contribution in [2.45, 2.75) is 0 Å². The third-order valence-corrected chi connectivity index (χ3v) is 3.71. The predicted octanol–water partition coefficient (Wildman–Crippen LogP) is -1.21. The van der Waals surface area contributed by atoms with E-state index in [1.165, 1.54) is 7.11 Å². The lowest BCUT2D eigenvalue weighted by molar-refractivity contribution is -0.144. The van der Waals surface area contributed by atoms with E-state index in [2.05, 4.69) is 10.1 Å². The number of hydrogen-bond donors (Lipinski definition) is 1. The predicted molar refractivity (Wildman–Crippen MR) is 47.0 cm³/mol. The molecule has 0 aromatic heterocycles. The molecule has 1 saturated heterocycles. The Kier molecular flexibility index (Phi) is 3.27. The van der Waals surface area contributed by atoms with E-state index in [4.69, 9.17) is 0 Å². The van der Waals surface area contributed by atoms with Gasteiger partial charge in [0.1, 0.15) is 0 Å². The van der Waals surface area contributed by atoms with Crippen molar-refractivity contribution in [2.75, 3.05) is 31.7 Å². The molecular formula is C7H13NO4S. The average molecular weight is 207 g/mol. The molecule has 76 valence electrons. The van der Waals surface area contributed by atoms with Crippen LogP contribution in [0, 0.1) is 5.92 Å². The standard InChI is InChI=1S/C7H13NO4S/c1-12-7(9)6-4-8-2-3-13(10,11)5-6/h6,8H,2-5H2,1H3. The Morgan fingerprint density at radius 2 is 2.23 bits per heavy atom. The van der Waals surface area contributed by atoms with Crippen molar-refractivity contribution >= 4 is 15.8 Å². The van der Waals surface area contributed by atoms with Crippen molar-refractivity contribution in [2.24, 2.45) is 5.92 Å². The van der Waals surface area contributed by atoms with Gasteiger partial charge in [0.15, 0.2) is 9.84 Å². The van der Waals surface area contributed by atoms with Crippen molar-refractivity contribution in [3.8, 4) is 0 Å². The zero-order valence-corrected chi connectivity index (χ0v) is 8.26. The molecular weight excluding hydrogens is 194 g/mol. The van der Waals surface area contributed by atoms with Gasteiger partial charge in [0, 0.05) is 13.1 Å². The van der Waals surface area contributed by atoms with E-state index in [1.54, 1.807) is 0 Å². The van der Waals surface area contributed by atoms with Crippen LogP contribution in [0.3, 0.4) is 0 Å². The van der Waals surface area contributed by atoms with Gasteiger partial charge < -0.3 is 10.1 Å². The summed E-state index contributed by atoms with van der Waals surface area (Å²) in [6, 6.07) is 0. The molecule has 1 rings (SSSR count). The molecule has 13 heavy (non-hydrogen) atoms. The van der Waals surface area contributed by atoms with Gasteiger partial charge in [0.25, 0.3) is 0 Å². The molecule has 1 N–H and O–H groups in total. The van der Waals surface area contributed by atoms with Crippen molar-refractivity contribution in [3.63, 3.8) is 0 Å². The summed E-state index contributed by atoms with van der Waals surface area (Å²) in [5.74, 6) is -1.02. The Hall–Kier alpha value is -0.620. The van der Waals surface area contributed by atoms with Gasteiger partial charge in [-0.05, 0) is 0 Å². The molecule has 0 spiro atoms. The first-order valence-corrected chi connectivity index (χ1v) is 5.86. The summed E-state index contributed by atoms with van der Waals surface area (Å²) in [6.45, 7) is 0.793. The molecule has 1 aliphatic heterocycles. The summed E-state index contributed by atoms with van der Waals surface area (Å²) in [5.41, 5.74) is 0. The van der Waals surface area contributed by atoms with E-state index in [-0.39, 0.29) is 11.5 Å². The van der Waals surface area contributed by atoms with Gasteiger partial charge in [-0.15, -0.1) is 0 Å². The molecule has 1 atom stereocenters. The van der Waals surface area contributed by atoms with E-state index >= 15 is 0 Å². The fourth-order valence-corrected chi connectivity index (χ4v) is 2.76. The van der Waals surface area contributed by atoms with Crippen LogP contribution in [-0.2, 0) is 19.4 Å². The smallest absolute Gasteiger partial charge is 0.310 e. The number of ether oxygens (including phenoxy) is 1. The second-order valence-corrected chi connectivity index (χ2v) is 5.27. The van der Waals surface area contributed by atoms with Crippen LogP contribution in [0.15, 0.2) is 0 Å². The lowest BCUT2D eigenvalue weighted by Gasteiger charge is -2.09. The summed E-state index contributed by atoms with van der Waals surface area (Å²) in [6.07, 6.45) is 0. The fourth-order valence-electron chi connectivity index (χ4n) is 1.27. The summed E-state index contributed by atoms with van der Waals surface area (Å²) in [5, 5.41) is 2.89. The highest BCUT2D eigenvalue weighted by atomic mass is 32.2. The molecule has 0 aromatic carbocycles. The maximum Gasteiger partial charge on any atom is 0.310 e. The molecule has 0 aliphatic carbocycles. The highest BCUT2D eigenvalue weighted by Crippen LogP contribution is 2.07. The van der Waals surface area contributed by atoms with Crippen LogP contribution in [0.2, 0.25) is 0 Å². The number of carbonyl (C=O) groups excluding carboxylic acids is 1. The number of methoxy groups -OCH3 is 1. The highest BCUT2D eigenvalue weighted by Gasteiger charge is 2.28. The second-order valence-electron chi connectivity index (χ2n) is 3.04. The number of sulfone groups is 1. The van der Waals surface area contributed by atoms with Gasteiger partial charge >= 0.3 is 5.97 Å². The van der Waals surface area contributed by atoms with E-state index in [9.17, 15) is 13.2 Å². The minimum atomic E-state index is -3.09. The molecule has 5 nitrogen and oxygen atoms in total. The van der Waals surface area contributed by atoms with Crippen LogP contribution >= 0.6 is 0 Å². The van der Waals surface area contributed by atoms with Crippen LogP contribution in [0.5, 0.6) is 0 Å². The Balaban J connectivity index is 2.71. The van der Waals surface area contributed by atoms with E-state index in [0.717, 1.165) is 0 Å². The first kappa shape index (κ1) is 10.5. The van der Waals surface area contributed by atoms with Crippen LogP contribution in [0.1, 0.15) is 0 Å². The topological polar surface area (TPSA) is 72.5 Å². The van der Waals surface area contributed by atoms with Crippen LogP contribution in [0.25, 0.3) is 0 Å². The van der Waals surface area contributed by atoms with Gasteiger partial charge in [-0.3, -0.25) is 4.79 Å². The largest absolute Gasteiger partial charge is 0.469 e. The summed E-state index contributed by atoms with van der Waals surface area (Å²) >= 11 is 0. The number of rotatable bonds is 1. The Morgan fingerprint density at radius 3 is 2.85 bits per heavy atom. The molecule has 1 aliphatic rings. The van der Waals surface area contributed by atoms with Gasteiger partial charge in [-0.2, -0.15) is 0 Å². The molecule has 0 aromatic rings. The third-order valence-electron chi connectivity index (χ3n) is 1.97. The van der Waals surface area contributed by atoms with Crippen LogP contribution in [0.4, 0.5) is 0 Å². The Labute approximate surface area is 77.4 Å². The van der Waals surface area contributed by atoms with Crippen molar-refractivity contribution in [1.82, 2.24) is 5.32 Å². The maximum absolute atomic E-state index is 11.3. The van der Waals surface area contributed by atoms with Crippen molar-refractivity contribution in [3.05, 3.63) is 0 Å². The molecule has 0 bridgehead atoms. The fraction of sp³-hybridized carbons (Fsp3) is 0.857. The zero-order valence-electron chi connectivity index (χ0n) is 7.45. The second kappa shape index (κ2) is 4.06. The summed E-state index contributed by atoms with van der Waals surface area (Å²) in [4.78, 5) is 11.1. The molecule has 1 unspecified atom stereocenters. The molecule has 0 amide bonds.